The van der Waals surface area contributed by atoms with Crippen LogP contribution < -0.4 is 4.90 Å². The Kier molecular flexibility index (Phi) is 5.46. The average molecular weight is 493 g/mol. The maximum absolute atomic E-state index is 15.1. The highest BCUT2D eigenvalue weighted by Crippen LogP contribution is 2.37. The Morgan fingerprint density at radius 3 is 2.66 bits per heavy atom. The SMILES string of the molecule is Fc1ccc2[nH]ccc2c1-c1nc(N2CCOCC2)c2sc(CN3CCN(C4CC4)CC3)cc2n1. The molecule has 1 N–H and O–H groups in total. The molecule has 0 bridgehead atoms. The number of aromatic nitrogens is 3. The second-order valence-electron chi connectivity index (χ2n) is 9.80. The summed E-state index contributed by atoms with van der Waals surface area (Å²) < 4.78 is 21.8. The topological polar surface area (TPSA) is 60.5 Å². The van der Waals surface area contributed by atoms with Crippen molar-refractivity contribution in [2.45, 2.75) is 25.4 Å². The maximum atomic E-state index is 15.1. The summed E-state index contributed by atoms with van der Waals surface area (Å²) in [5, 5.41) is 0.807. The molecule has 2 aliphatic heterocycles. The number of nitrogens with zero attached hydrogens (tertiary/aromatic N) is 5. The first-order chi connectivity index (χ1) is 17.2. The predicted molar refractivity (Wildman–Crippen MR) is 138 cm³/mol. The third-order valence-electron chi connectivity index (χ3n) is 7.47. The molecule has 182 valence electrons. The fourth-order valence-corrected chi connectivity index (χ4v) is 6.58. The first-order valence-electron chi connectivity index (χ1n) is 12.6. The second kappa shape index (κ2) is 8.81. The molecule has 1 aromatic carbocycles. The molecule has 1 aliphatic carbocycles. The lowest BCUT2D eigenvalue weighted by atomic mass is 10.1. The van der Waals surface area contributed by atoms with Crippen molar-refractivity contribution in [1.29, 1.82) is 0 Å². The van der Waals surface area contributed by atoms with Crippen LogP contribution in [0.15, 0.2) is 30.5 Å². The number of fused-ring (bicyclic) bond motifs is 2. The zero-order valence-corrected chi connectivity index (χ0v) is 20.5. The van der Waals surface area contributed by atoms with E-state index in [0.717, 1.165) is 65.7 Å². The van der Waals surface area contributed by atoms with Gasteiger partial charge in [0.15, 0.2) is 11.6 Å². The van der Waals surface area contributed by atoms with E-state index in [1.807, 2.05) is 12.3 Å². The summed E-state index contributed by atoms with van der Waals surface area (Å²) in [7, 11) is 0. The van der Waals surface area contributed by atoms with Crippen LogP contribution in [0, 0.1) is 5.82 Å². The third-order valence-corrected chi connectivity index (χ3v) is 8.58. The fraction of sp³-hybridized carbons (Fsp3) is 0.462. The molecule has 0 amide bonds. The molecule has 35 heavy (non-hydrogen) atoms. The number of hydrogen-bond donors (Lipinski definition) is 1. The number of H-pyrrole nitrogens is 1. The van der Waals surface area contributed by atoms with Gasteiger partial charge in [0.25, 0.3) is 0 Å². The van der Waals surface area contributed by atoms with Gasteiger partial charge in [0, 0.05) is 73.8 Å². The molecule has 5 heterocycles. The summed E-state index contributed by atoms with van der Waals surface area (Å²) in [4.78, 5) is 21.8. The first-order valence-corrected chi connectivity index (χ1v) is 13.4. The highest BCUT2D eigenvalue weighted by Gasteiger charge is 2.31. The highest BCUT2D eigenvalue weighted by atomic mass is 32.1. The summed E-state index contributed by atoms with van der Waals surface area (Å²) in [6, 6.07) is 8.20. The van der Waals surface area contributed by atoms with Crippen LogP contribution in [0.5, 0.6) is 0 Å². The lowest BCUT2D eigenvalue weighted by Gasteiger charge is -2.34. The monoisotopic (exact) mass is 492 g/mol. The van der Waals surface area contributed by atoms with Crippen LogP contribution >= 0.6 is 11.3 Å². The van der Waals surface area contributed by atoms with Gasteiger partial charge in [-0.05, 0) is 37.1 Å². The number of rotatable bonds is 5. The number of anilines is 1. The molecule has 3 aliphatic rings. The standard InChI is InChI=1S/C26H29FN6OS/c27-20-3-4-21-19(5-6-28-21)23(20)25-29-22-15-18(16-31-7-9-32(10-8-31)17-1-2-17)35-24(22)26(30-25)33-11-13-34-14-12-33/h3-6,15,17,28H,1-2,7-14,16H2. The van der Waals surface area contributed by atoms with E-state index in [4.69, 9.17) is 14.7 Å². The zero-order valence-electron chi connectivity index (χ0n) is 19.7. The van der Waals surface area contributed by atoms with Gasteiger partial charge in [-0.2, -0.15) is 0 Å². The fourth-order valence-electron chi connectivity index (χ4n) is 5.42. The number of halogens is 1. The van der Waals surface area contributed by atoms with Crippen molar-refractivity contribution in [2.24, 2.45) is 0 Å². The van der Waals surface area contributed by atoms with E-state index in [1.165, 1.54) is 36.9 Å². The number of thiophene rings is 1. The number of nitrogens with one attached hydrogen (secondary N) is 1. The Hall–Kier alpha value is -2.59. The zero-order chi connectivity index (χ0) is 23.4. The minimum absolute atomic E-state index is 0.298. The number of hydrogen-bond acceptors (Lipinski definition) is 7. The van der Waals surface area contributed by atoms with Crippen LogP contribution in [0.4, 0.5) is 10.2 Å². The number of morpholine rings is 1. The third kappa shape index (κ3) is 4.10. The Morgan fingerprint density at radius 2 is 1.86 bits per heavy atom. The van der Waals surface area contributed by atoms with Crippen molar-refractivity contribution in [3.63, 3.8) is 0 Å². The molecule has 3 aromatic heterocycles. The van der Waals surface area contributed by atoms with Gasteiger partial charge in [0.05, 0.1) is 29.0 Å². The predicted octanol–water partition coefficient (Wildman–Crippen LogP) is 4.10. The van der Waals surface area contributed by atoms with Gasteiger partial charge in [-0.25, -0.2) is 14.4 Å². The van der Waals surface area contributed by atoms with Crippen molar-refractivity contribution in [1.82, 2.24) is 24.8 Å². The Bertz CT molecular complexity index is 1370. The van der Waals surface area contributed by atoms with Crippen LogP contribution in [0.2, 0.25) is 0 Å². The quantitative estimate of drug-likeness (QED) is 0.453. The Labute approximate surface area is 207 Å². The van der Waals surface area contributed by atoms with Gasteiger partial charge >= 0.3 is 0 Å². The second-order valence-corrected chi connectivity index (χ2v) is 10.9. The van der Waals surface area contributed by atoms with E-state index >= 15 is 4.39 Å². The van der Waals surface area contributed by atoms with E-state index in [9.17, 15) is 0 Å². The number of aromatic amines is 1. The van der Waals surface area contributed by atoms with E-state index in [1.54, 1.807) is 17.4 Å². The van der Waals surface area contributed by atoms with Crippen LogP contribution in [0.25, 0.3) is 32.5 Å². The first kappa shape index (κ1) is 21.7. The lowest BCUT2D eigenvalue weighted by molar-refractivity contribution is 0.122. The minimum atomic E-state index is -0.298. The van der Waals surface area contributed by atoms with Crippen molar-refractivity contribution in [3.8, 4) is 11.4 Å². The summed E-state index contributed by atoms with van der Waals surface area (Å²) in [6.45, 7) is 8.38. The maximum Gasteiger partial charge on any atom is 0.165 e. The van der Waals surface area contributed by atoms with Crippen molar-refractivity contribution >= 4 is 38.3 Å². The van der Waals surface area contributed by atoms with Crippen LogP contribution in [-0.4, -0.2) is 83.3 Å². The molecule has 0 spiro atoms. The number of ether oxygens (including phenoxy) is 1. The molecule has 0 atom stereocenters. The van der Waals surface area contributed by atoms with Gasteiger partial charge in [-0.1, -0.05) is 0 Å². The van der Waals surface area contributed by atoms with E-state index in [0.29, 0.717) is 24.6 Å². The normalized spacial score (nSPS) is 20.3. The van der Waals surface area contributed by atoms with Gasteiger partial charge in [-0.15, -0.1) is 11.3 Å². The lowest BCUT2D eigenvalue weighted by Crippen LogP contribution is -2.46. The molecule has 2 saturated heterocycles. The van der Waals surface area contributed by atoms with Crippen molar-refractivity contribution in [3.05, 3.63) is 41.2 Å². The highest BCUT2D eigenvalue weighted by molar-refractivity contribution is 7.19. The number of piperazine rings is 1. The van der Waals surface area contributed by atoms with Crippen molar-refractivity contribution in [2.75, 3.05) is 57.4 Å². The largest absolute Gasteiger partial charge is 0.378 e. The van der Waals surface area contributed by atoms with Crippen LogP contribution in [0.1, 0.15) is 17.7 Å². The molecule has 0 radical (unpaired) electrons. The molecular weight excluding hydrogens is 463 g/mol. The van der Waals surface area contributed by atoms with Crippen molar-refractivity contribution < 1.29 is 9.13 Å². The smallest absolute Gasteiger partial charge is 0.165 e. The van der Waals surface area contributed by atoms with E-state index in [-0.39, 0.29) is 5.82 Å². The van der Waals surface area contributed by atoms with Gasteiger partial charge < -0.3 is 14.6 Å². The van der Waals surface area contributed by atoms with Gasteiger partial charge in [0.1, 0.15) is 5.82 Å². The molecular formula is C26H29FN6OS. The molecule has 9 heteroatoms. The molecule has 0 unspecified atom stereocenters. The minimum Gasteiger partial charge on any atom is -0.378 e. The summed E-state index contributed by atoms with van der Waals surface area (Å²) in [5.41, 5.74) is 2.25. The summed E-state index contributed by atoms with van der Waals surface area (Å²) in [5.74, 6) is 1.05. The van der Waals surface area contributed by atoms with Gasteiger partial charge in [-0.3, -0.25) is 9.80 Å². The Morgan fingerprint density at radius 1 is 1.03 bits per heavy atom. The van der Waals surface area contributed by atoms with Crippen LogP contribution in [-0.2, 0) is 11.3 Å². The molecule has 7 rings (SSSR count). The average Bonchev–Trinajstić information content (AvgIpc) is 3.49. The van der Waals surface area contributed by atoms with Crippen LogP contribution in [0.3, 0.4) is 0 Å². The molecule has 3 fully saturated rings. The number of benzene rings is 1. The Balaban J connectivity index is 1.26. The molecule has 7 nitrogen and oxygen atoms in total. The van der Waals surface area contributed by atoms with Gasteiger partial charge in [0.2, 0.25) is 0 Å². The summed E-state index contributed by atoms with van der Waals surface area (Å²) in [6.07, 6.45) is 4.58. The molecule has 1 saturated carbocycles. The van der Waals surface area contributed by atoms with E-state index in [2.05, 4.69) is 25.8 Å². The van der Waals surface area contributed by atoms with E-state index < -0.39 is 0 Å². The molecule has 4 aromatic rings. The summed E-state index contributed by atoms with van der Waals surface area (Å²) >= 11 is 1.78.